The minimum absolute atomic E-state index is 0.000693. The van der Waals surface area contributed by atoms with Crippen molar-refractivity contribution in [3.63, 3.8) is 0 Å². The number of aryl methyl sites for hydroxylation is 1. The Bertz CT molecular complexity index is 825. The van der Waals surface area contributed by atoms with Crippen molar-refractivity contribution in [1.29, 1.82) is 0 Å². The van der Waals surface area contributed by atoms with E-state index in [0.29, 0.717) is 12.6 Å². The van der Waals surface area contributed by atoms with Gasteiger partial charge in [-0.3, -0.25) is 9.69 Å². The van der Waals surface area contributed by atoms with E-state index in [4.69, 9.17) is 0 Å². The van der Waals surface area contributed by atoms with E-state index in [1.165, 1.54) is 15.3 Å². The van der Waals surface area contributed by atoms with Crippen molar-refractivity contribution in [3.8, 4) is 0 Å². The van der Waals surface area contributed by atoms with E-state index in [1.807, 2.05) is 0 Å². The van der Waals surface area contributed by atoms with Gasteiger partial charge in [-0.25, -0.2) is 4.99 Å². The highest BCUT2D eigenvalue weighted by atomic mass is 32.1. The number of amides is 1. The summed E-state index contributed by atoms with van der Waals surface area (Å²) in [5.74, 6) is 0.721. The zero-order chi connectivity index (χ0) is 21.3. The van der Waals surface area contributed by atoms with Gasteiger partial charge in [0.15, 0.2) is 5.96 Å². The first kappa shape index (κ1) is 22.3. The third-order valence-electron chi connectivity index (χ3n) is 5.27. The molecule has 1 fully saturated rings. The van der Waals surface area contributed by atoms with E-state index in [0.717, 1.165) is 38.4 Å². The second-order valence-electron chi connectivity index (χ2n) is 8.00. The lowest BCUT2D eigenvalue weighted by molar-refractivity contribution is -0.127. The molecule has 1 aromatic carbocycles. The van der Waals surface area contributed by atoms with E-state index < -0.39 is 0 Å². The van der Waals surface area contributed by atoms with Crippen LogP contribution in [0.2, 0.25) is 0 Å². The van der Waals surface area contributed by atoms with Crippen molar-refractivity contribution in [2.45, 2.75) is 38.9 Å². The Morgan fingerprint density at radius 1 is 1.17 bits per heavy atom. The highest BCUT2D eigenvalue weighted by molar-refractivity contribution is 7.11. The minimum Gasteiger partial charge on any atom is -0.354 e. The molecule has 3 rings (SSSR count). The highest BCUT2D eigenvalue weighted by Gasteiger charge is 2.20. The van der Waals surface area contributed by atoms with Crippen LogP contribution in [0.1, 0.15) is 28.2 Å². The summed E-state index contributed by atoms with van der Waals surface area (Å²) in [6.45, 7) is 6.09. The summed E-state index contributed by atoms with van der Waals surface area (Å²) in [5, 5.41) is 6.96. The van der Waals surface area contributed by atoms with Gasteiger partial charge in [-0.2, -0.15) is 0 Å². The van der Waals surface area contributed by atoms with Gasteiger partial charge >= 0.3 is 0 Å². The molecule has 0 aliphatic carbocycles. The fraction of sp³-hybridized carbons (Fsp3) is 0.478. The van der Waals surface area contributed by atoms with Gasteiger partial charge in [0.1, 0.15) is 6.54 Å². The van der Waals surface area contributed by atoms with Crippen molar-refractivity contribution < 1.29 is 4.79 Å². The molecule has 1 aliphatic heterocycles. The molecule has 6 nitrogen and oxygen atoms in total. The molecule has 30 heavy (non-hydrogen) atoms. The van der Waals surface area contributed by atoms with Gasteiger partial charge in [-0.05, 0) is 37.5 Å². The van der Waals surface area contributed by atoms with Crippen LogP contribution < -0.4 is 10.6 Å². The first-order valence-corrected chi connectivity index (χ1v) is 11.4. The molecular formula is C23H33N5OS. The molecule has 0 saturated carbocycles. The number of nitrogens with one attached hydrogen (secondary N) is 2. The van der Waals surface area contributed by atoms with Gasteiger partial charge in [-0.15, -0.1) is 11.3 Å². The molecular weight excluding hydrogens is 394 g/mol. The second kappa shape index (κ2) is 11.1. The fourth-order valence-corrected chi connectivity index (χ4v) is 4.29. The van der Waals surface area contributed by atoms with E-state index in [9.17, 15) is 4.79 Å². The number of rotatable bonds is 7. The number of likely N-dealkylation sites (N-methyl/N-ethyl adjacent to an activating group) is 1. The predicted octanol–water partition coefficient (Wildman–Crippen LogP) is 2.84. The van der Waals surface area contributed by atoms with Gasteiger partial charge in [-0.1, -0.05) is 30.3 Å². The number of likely N-dealkylation sites (tertiary alicyclic amines) is 1. The zero-order valence-electron chi connectivity index (χ0n) is 18.2. The number of aliphatic imine (C=N–C) groups is 1. The van der Waals surface area contributed by atoms with Gasteiger partial charge in [0, 0.05) is 49.5 Å². The summed E-state index contributed by atoms with van der Waals surface area (Å²) in [7, 11) is 3.52. The van der Waals surface area contributed by atoms with Gasteiger partial charge in [0.25, 0.3) is 0 Å². The molecule has 1 saturated heterocycles. The number of nitrogens with zero attached hydrogens (tertiary/aromatic N) is 3. The summed E-state index contributed by atoms with van der Waals surface area (Å²) in [6, 6.07) is 15.3. The molecule has 1 amide bonds. The standard InChI is InChI=1S/C23H33N5OS/c1-18-9-10-21(30-18)15-24-23(25-16-22(29)27(2)3)26-20-11-13-28(14-12-20)17-19-7-5-4-6-8-19/h4-10,20H,11-17H2,1-3H3,(H2,24,25,26). The first-order valence-electron chi connectivity index (χ1n) is 10.6. The summed E-state index contributed by atoms with van der Waals surface area (Å²) in [6.07, 6.45) is 2.13. The maximum Gasteiger partial charge on any atom is 0.243 e. The molecule has 7 heteroatoms. The molecule has 0 spiro atoms. The number of piperidine rings is 1. The average molecular weight is 428 g/mol. The lowest BCUT2D eigenvalue weighted by atomic mass is 10.0. The molecule has 0 unspecified atom stereocenters. The topological polar surface area (TPSA) is 60.0 Å². The van der Waals surface area contributed by atoms with Crippen LogP contribution in [0.4, 0.5) is 0 Å². The largest absolute Gasteiger partial charge is 0.354 e. The number of guanidine groups is 1. The van der Waals surface area contributed by atoms with Crippen molar-refractivity contribution >= 4 is 23.2 Å². The molecule has 0 atom stereocenters. The third-order valence-corrected chi connectivity index (χ3v) is 6.28. The SMILES string of the molecule is Cc1ccc(CNC(=NCC(=O)N(C)C)NC2CCN(Cc3ccccc3)CC2)s1. The van der Waals surface area contributed by atoms with Crippen molar-refractivity contribution in [1.82, 2.24) is 20.4 Å². The predicted molar refractivity (Wildman–Crippen MR) is 125 cm³/mol. The highest BCUT2D eigenvalue weighted by Crippen LogP contribution is 2.15. The van der Waals surface area contributed by atoms with Crippen LogP contribution in [0.5, 0.6) is 0 Å². The fourth-order valence-electron chi connectivity index (χ4n) is 3.46. The van der Waals surface area contributed by atoms with Crippen LogP contribution >= 0.6 is 11.3 Å². The molecule has 1 aliphatic rings. The summed E-state index contributed by atoms with van der Waals surface area (Å²) >= 11 is 1.78. The molecule has 2 aromatic rings. The second-order valence-corrected chi connectivity index (χ2v) is 9.37. The number of thiophene rings is 1. The van der Waals surface area contributed by atoms with E-state index in [1.54, 1.807) is 30.3 Å². The lowest BCUT2D eigenvalue weighted by Crippen LogP contribution is -2.48. The number of benzene rings is 1. The van der Waals surface area contributed by atoms with Crippen LogP contribution in [0.3, 0.4) is 0 Å². The van der Waals surface area contributed by atoms with Crippen LogP contribution in [0, 0.1) is 6.92 Å². The summed E-state index contributed by atoms with van der Waals surface area (Å²) in [4.78, 5) is 23.2. The van der Waals surface area contributed by atoms with Crippen molar-refractivity contribution in [3.05, 3.63) is 57.8 Å². The normalized spacial score (nSPS) is 15.8. The quantitative estimate of drug-likeness (QED) is 0.527. The molecule has 0 bridgehead atoms. The number of hydrogen-bond donors (Lipinski definition) is 2. The average Bonchev–Trinajstić information content (AvgIpc) is 3.17. The smallest absolute Gasteiger partial charge is 0.243 e. The van der Waals surface area contributed by atoms with E-state index in [2.05, 4.69) is 69.9 Å². The molecule has 2 N–H and O–H groups in total. The Kier molecular flexibility index (Phi) is 8.28. The monoisotopic (exact) mass is 427 g/mol. The molecule has 1 aromatic heterocycles. The Balaban J connectivity index is 1.53. The van der Waals surface area contributed by atoms with Crippen LogP contribution in [0.25, 0.3) is 0 Å². The number of hydrogen-bond acceptors (Lipinski definition) is 4. The molecule has 2 heterocycles. The minimum atomic E-state index is 0.000693. The zero-order valence-corrected chi connectivity index (χ0v) is 19.0. The lowest BCUT2D eigenvalue weighted by Gasteiger charge is -2.33. The number of carbonyl (C=O) groups is 1. The van der Waals surface area contributed by atoms with Gasteiger partial charge < -0.3 is 15.5 Å². The van der Waals surface area contributed by atoms with Crippen molar-refractivity contribution in [2.75, 3.05) is 33.7 Å². The Hall–Kier alpha value is -2.38. The van der Waals surface area contributed by atoms with E-state index >= 15 is 0 Å². The van der Waals surface area contributed by atoms with Gasteiger partial charge in [0.2, 0.25) is 5.91 Å². The van der Waals surface area contributed by atoms with Crippen LogP contribution in [-0.2, 0) is 17.9 Å². The Morgan fingerprint density at radius 2 is 1.90 bits per heavy atom. The van der Waals surface area contributed by atoms with Crippen LogP contribution in [0.15, 0.2) is 47.5 Å². The third kappa shape index (κ3) is 7.15. The maximum absolute atomic E-state index is 12.0. The first-order chi connectivity index (χ1) is 14.5. The molecule has 162 valence electrons. The van der Waals surface area contributed by atoms with Crippen LogP contribution in [-0.4, -0.2) is 61.4 Å². The summed E-state index contributed by atoms with van der Waals surface area (Å²) < 4.78 is 0. The van der Waals surface area contributed by atoms with Crippen molar-refractivity contribution in [2.24, 2.45) is 4.99 Å². The molecule has 0 radical (unpaired) electrons. The number of carbonyl (C=O) groups excluding carboxylic acids is 1. The summed E-state index contributed by atoms with van der Waals surface area (Å²) in [5.41, 5.74) is 1.36. The Morgan fingerprint density at radius 3 is 2.53 bits per heavy atom. The van der Waals surface area contributed by atoms with E-state index in [-0.39, 0.29) is 12.5 Å². The Labute approximate surface area is 184 Å². The van der Waals surface area contributed by atoms with Gasteiger partial charge in [0.05, 0.1) is 6.54 Å². The maximum atomic E-state index is 12.0.